The topological polar surface area (TPSA) is 66.1 Å². The van der Waals surface area contributed by atoms with E-state index < -0.39 is 6.10 Å². The largest absolute Gasteiger partial charge is 0.507 e. The van der Waals surface area contributed by atoms with E-state index in [1.54, 1.807) is 12.3 Å². The Morgan fingerprint density at radius 2 is 1.79 bits per heavy atom. The van der Waals surface area contributed by atoms with Crippen LogP contribution in [0.2, 0.25) is 0 Å². The van der Waals surface area contributed by atoms with Gasteiger partial charge in [0.15, 0.2) is 0 Å². The van der Waals surface area contributed by atoms with E-state index in [2.05, 4.69) is 29.2 Å². The summed E-state index contributed by atoms with van der Waals surface area (Å²) in [6, 6.07) is 20.8. The number of phenols is 1. The van der Waals surface area contributed by atoms with Crippen LogP contribution >= 0.6 is 0 Å². The fourth-order valence-corrected chi connectivity index (χ4v) is 5.96. The first-order chi connectivity index (χ1) is 16.2. The second-order valence-corrected chi connectivity index (χ2v) is 9.56. The highest BCUT2D eigenvalue weighted by molar-refractivity contribution is 5.88. The summed E-state index contributed by atoms with van der Waals surface area (Å²) in [6.45, 7) is 0.923. The summed E-state index contributed by atoms with van der Waals surface area (Å²) in [5.74, 6) is 1.62. The maximum atomic E-state index is 10.8. The lowest BCUT2D eigenvalue weighted by atomic mass is 9.84. The number of aliphatic hydroxyl groups is 1. The normalized spacial score (nSPS) is 23.8. The molecule has 6 rings (SSSR count). The molecule has 5 heteroatoms. The van der Waals surface area contributed by atoms with Gasteiger partial charge >= 0.3 is 0 Å². The molecule has 0 aliphatic carbocycles. The standard InChI is InChI=1S/C28H29NO4/c30-23(17-33-28-6-2-5-27-25(28)11-12-32-27)16-29-21-8-9-22(29)15-20(14-21)18-7-10-24-19(13-18)3-1-4-26(24)31/h1-7,10-13,20-23,30-31H,8-9,14-17H2/t20?,21?,22?,23-/m0/s1. The third kappa shape index (κ3) is 3.85. The summed E-state index contributed by atoms with van der Waals surface area (Å²) in [5.41, 5.74) is 2.16. The van der Waals surface area contributed by atoms with E-state index in [0.717, 1.165) is 40.3 Å². The molecule has 2 saturated heterocycles. The average Bonchev–Trinajstić information content (AvgIpc) is 3.39. The lowest BCUT2D eigenvalue weighted by Gasteiger charge is -2.40. The Morgan fingerprint density at radius 1 is 0.970 bits per heavy atom. The van der Waals surface area contributed by atoms with E-state index in [0.29, 0.717) is 30.3 Å². The molecule has 0 spiro atoms. The number of nitrogens with zero attached hydrogens (tertiary/aromatic N) is 1. The Hall–Kier alpha value is -3.02. The van der Waals surface area contributed by atoms with Gasteiger partial charge in [-0.05, 0) is 66.8 Å². The number of aromatic hydroxyl groups is 1. The van der Waals surface area contributed by atoms with Gasteiger partial charge in [0.05, 0.1) is 11.6 Å². The maximum Gasteiger partial charge on any atom is 0.137 e. The number of phenolic OH excluding ortho intramolecular Hbond substituents is 1. The lowest BCUT2D eigenvalue weighted by Crippen LogP contribution is -2.47. The number of ether oxygens (including phenoxy) is 1. The Bertz CT molecular complexity index is 1270. The molecule has 0 radical (unpaired) electrons. The molecule has 3 heterocycles. The van der Waals surface area contributed by atoms with Crippen molar-refractivity contribution in [1.29, 1.82) is 0 Å². The molecule has 4 aromatic rings. The van der Waals surface area contributed by atoms with Crippen molar-refractivity contribution in [2.75, 3.05) is 13.2 Å². The summed E-state index contributed by atoms with van der Waals surface area (Å²) in [7, 11) is 0. The summed E-state index contributed by atoms with van der Waals surface area (Å²) in [6.07, 6.45) is 5.74. The maximum absolute atomic E-state index is 10.8. The van der Waals surface area contributed by atoms with Crippen LogP contribution in [0, 0.1) is 0 Å². The van der Waals surface area contributed by atoms with Gasteiger partial charge in [0.2, 0.25) is 0 Å². The smallest absolute Gasteiger partial charge is 0.137 e. The number of rotatable bonds is 6. The van der Waals surface area contributed by atoms with Crippen molar-refractivity contribution in [3.63, 3.8) is 0 Å². The van der Waals surface area contributed by atoms with Crippen molar-refractivity contribution in [2.45, 2.75) is 49.8 Å². The van der Waals surface area contributed by atoms with Crippen LogP contribution in [-0.2, 0) is 0 Å². The first-order valence-electron chi connectivity index (χ1n) is 11.9. The zero-order valence-electron chi connectivity index (χ0n) is 18.6. The third-order valence-electron chi connectivity index (χ3n) is 7.55. The number of piperidine rings is 1. The molecule has 2 N–H and O–H groups in total. The van der Waals surface area contributed by atoms with Crippen LogP contribution in [-0.4, -0.2) is 46.5 Å². The SMILES string of the molecule is Oc1cccc2cc(C3CC4CCC(C3)N4C[C@H](O)COc3cccc4occc34)ccc12. The minimum absolute atomic E-state index is 0.276. The predicted molar refractivity (Wildman–Crippen MR) is 129 cm³/mol. The van der Waals surface area contributed by atoms with E-state index in [4.69, 9.17) is 9.15 Å². The van der Waals surface area contributed by atoms with E-state index in [1.807, 2.05) is 30.3 Å². The molecular formula is C28H29NO4. The van der Waals surface area contributed by atoms with Crippen LogP contribution in [0.5, 0.6) is 11.5 Å². The summed E-state index contributed by atoms with van der Waals surface area (Å²) in [4.78, 5) is 2.51. The Morgan fingerprint density at radius 3 is 2.64 bits per heavy atom. The van der Waals surface area contributed by atoms with Gasteiger partial charge in [0.25, 0.3) is 0 Å². The van der Waals surface area contributed by atoms with Crippen LogP contribution in [0.15, 0.2) is 71.3 Å². The van der Waals surface area contributed by atoms with Crippen LogP contribution in [0.4, 0.5) is 0 Å². The first kappa shape index (κ1) is 20.6. The minimum atomic E-state index is -0.532. The Balaban J connectivity index is 1.10. The predicted octanol–water partition coefficient (Wildman–Crippen LogP) is 5.44. The summed E-state index contributed by atoms with van der Waals surface area (Å²) >= 11 is 0. The van der Waals surface area contributed by atoms with E-state index >= 15 is 0 Å². The Labute approximate surface area is 193 Å². The third-order valence-corrected chi connectivity index (χ3v) is 7.55. The molecule has 33 heavy (non-hydrogen) atoms. The second kappa shape index (κ2) is 8.40. The van der Waals surface area contributed by atoms with E-state index in [-0.39, 0.29) is 6.61 Å². The van der Waals surface area contributed by atoms with Gasteiger partial charge in [-0.3, -0.25) is 4.90 Å². The van der Waals surface area contributed by atoms with Crippen LogP contribution in [0.25, 0.3) is 21.7 Å². The van der Waals surface area contributed by atoms with Crippen molar-refractivity contribution in [3.8, 4) is 11.5 Å². The first-order valence-corrected chi connectivity index (χ1v) is 11.9. The molecule has 1 aromatic heterocycles. The van der Waals surface area contributed by atoms with E-state index in [9.17, 15) is 10.2 Å². The molecule has 5 nitrogen and oxygen atoms in total. The fraction of sp³-hybridized carbons (Fsp3) is 0.357. The molecule has 2 unspecified atom stereocenters. The minimum Gasteiger partial charge on any atom is -0.507 e. The highest BCUT2D eigenvalue weighted by Crippen LogP contribution is 2.44. The van der Waals surface area contributed by atoms with Crippen LogP contribution < -0.4 is 4.74 Å². The van der Waals surface area contributed by atoms with Crippen molar-refractivity contribution in [1.82, 2.24) is 4.90 Å². The van der Waals surface area contributed by atoms with Gasteiger partial charge in [0.1, 0.15) is 29.8 Å². The second-order valence-electron chi connectivity index (χ2n) is 9.56. The quantitative estimate of drug-likeness (QED) is 0.415. The molecule has 3 atom stereocenters. The van der Waals surface area contributed by atoms with Crippen molar-refractivity contribution in [2.24, 2.45) is 0 Å². The molecule has 2 fully saturated rings. The molecular weight excluding hydrogens is 414 g/mol. The average molecular weight is 444 g/mol. The van der Waals surface area contributed by atoms with Crippen molar-refractivity contribution < 1.29 is 19.4 Å². The number of hydrogen-bond acceptors (Lipinski definition) is 5. The van der Waals surface area contributed by atoms with Gasteiger partial charge in [-0.15, -0.1) is 0 Å². The number of furan rings is 1. The van der Waals surface area contributed by atoms with Gasteiger partial charge in [-0.2, -0.15) is 0 Å². The zero-order chi connectivity index (χ0) is 22.4. The summed E-state index contributed by atoms with van der Waals surface area (Å²) in [5, 5.41) is 23.8. The van der Waals surface area contributed by atoms with E-state index in [1.165, 1.54) is 18.4 Å². The monoisotopic (exact) mass is 443 g/mol. The fourth-order valence-electron chi connectivity index (χ4n) is 5.96. The molecule has 3 aromatic carbocycles. The summed E-state index contributed by atoms with van der Waals surface area (Å²) < 4.78 is 11.4. The van der Waals surface area contributed by atoms with Crippen molar-refractivity contribution >= 4 is 21.7 Å². The van der Waals surface area contributed by atoms with Crippen LogP contribution in [0.3, 0.4) is 0 Å². The molecule has 2 bridgehead atoms. The van der Waals surface area contributed by atoms with Gasteiger partial charge in [-0.25, -0.2) is 0 Å². The molecule has 2 aliphatic heterocycles. The number of aliphatic hydroxyl groups excluding tert-OH is 1. The van der Waals surface area contributed by atoms with Crippen LogP contribution in [0.1, 0.15) is 37.2 Å². The number of benzene rings is 3. The molecule has 0 amide bonds. The van der Waals surface area contributed by atoms with Gasteiger partial charge in [-0.1, -0.05) is 36.4 Å². The van der Waals surface area contributed by atoms with Crippen molar-refractivity contribution in [3.05, 3.63) is 72.5 Å². The Kier molecular flexibility index (Phi) is 5.24. The zero-order valence-corrected chi connectivity index (χ0v) is 18.6. The highest BCUT2D eigenvalue weighted by atomic mass is 16.5. The highest BCUT2D eigenvalue weighted by Gasteiger charge is 2.41. The van der Waals surface area contributed by atoms with Gasteiger partial charge in [0, 0.05) is 24.0 Å². The number of fused-ring (bicyclic) bond motifs is 4. The number of hydrogen-bond donors (Lipinski definition) is 2. The lowest BCUT2D eigenvalue weighted by molar-refractivity contribution is 0.0321. The molecule has 0 saturated carbocycles. The molecule has 2 aliphatic rings. The van der Waals surface area contributed by atoms with Gasteiger partial charge < -0.3 is 19.4 Å². The molecule has 170 valence electrons.